The van der Waals surface area contributed by atoms with Gasteiger partial charge in [-0.2, -0.15) is 5.10 Å². The van der Waals surface area contributed by atoms with E-state index in [1.165, 1.54) is 0 Å². The second-order valence-electron chi connectivity index (χ2n) is 3.89. The van der Waals surface area contributed by atoms with Gasteiger partial charge in [0.2, 0.25) is 0 Å². The minimum atomic E-state index is -0.182. The van der Waals surface area contributed by atoms with Gasteiger partial charge in [0.1, 0.15) is 0 Å². The summed E-state index contributed by atoms with van der Waals surface area (Å²) in [6, 6.07) is 9.03. The highest BCUT2D eigenvalue weighted by atomic mass is 16.2. The van der Waals surface area contributed by atoms with Crippen molar-refractivity contribution in [1.82, 2.24) is 10.3 Å². The molecule has 0 aliphatic rings. The molecule has 0 atom stereocenters. The van der Waals surface area contributed by atoms with Crippen LogP contribution in [-0.4, -0.2) is 37.2 Å². The highest BCUT2D eigenvalue weighted by Crippen LogP contribution is 1.97. The van der Waals surface area contributed by atoms with Crippen LogP contribution in [0.15, 0.2) is 35.4 Å². The summed E-state index contributed by atoms with van der Waals surface area (Å²) in [6.07, 6.45) is 0. The number of hydrogen-bond acceptors (Lipinski definition) is 3. The van der Waals surface area contributed by atoms with Crippen LogP contribution in [0, 0.1) is 0 Å². The Morgan fingerprint density at radius 3 is 2.50 bits per heavy atom. The van der Waals surface area contributed by atoms with Gasteiger partial charge in [0.15, 0.2) is 0 Å². The Morgan fingerprint density at radius 2 is 1.94 bits per heavy atom. The van der Waals surface area contributed by atoms with Crippen LogP contribution in [0.2, 0.25) is 0 Å². The molecular weight excluding hydrogens is 202 g/mol. The molecule has 0 radical (unpaired) electrons. The molecule has 0 heterocycles. The summed E-state index contributed by atoms with van der Waals surface area (Å²) in [5.74, 6) is -0.182. The lowest BCUT2D eigenvalue weighted by atomic mass is 10.2. The van der Waals surface area contributed by atoms with E-state index in [0.717, 1.165) is 12.3 Å². The number of rotatable bonds is 4. The molecule has 1 amide bonds. The third-order valence-corrected chi connectivity index (χ3v) is 1.93. The van der Waals surface area contributed by atoms with Crippen molar-refractivity contribution >= 4 is 11.6 Å². The van der Waals surface area contributed by atoms with Crippen LogP contribution in [-0.2, 0) is 0 Å². The third-order valence-electron chi connectivity index (χ3n) is 1.93. The number of benzene rings is 1. The first-order valence-electron chi connectivity index (χ1n) is 5.13. The van der Waals surface area contributed by atoms with Crippen molar-refractivity contribution in [1.29, 1.82) is 0 Å². The van der Waals surface area contributed by atoms with Crippen LogP contribution in [0.1, 0.15) is 17.3 Å². The molecule has 16 heavy (non-hydrogen) atoms. The van der Waals surface area contributed by atoms with Gasteiger partial charge < -0.3 is 4.90 Å². The van der Waals surface area contributed by atoms with Crippen LogP contribution < -0.4 is 5.43 Å². The molecule has 0 saturated heterocycles. The Kier molecular flexibility index (Phi) is 4.66. The smallest absolute Gasteiger partial charge is 0.271 e. The van der Waals surface area contributed by atoms with Crippen LogP contribution in [0.5, 0.6) is 0 Å². The van der Waals surface area contributed by atoms with E-state index < -0.39 is 0 Å². The molecule has 0 aliphatic heterocycles. The lowest BCUT2D eigenvalue weighted by Gasteiger charge is -2.08. The molecule has 1 N–H and O–H groups in total. The number of nitrogens with zero attached hydrogens (tertiary/aromatic N) is 2. The SMILES string of the molecule is CC(CN(C)C)=NNC(=O)c1ccccc1. The number of hydrazone groups is 1. The molecule has 86 valence electrons. The van der Waals surface area contributed by atoms with Crippen molar-refractivity contribution < 1.29 is 4.79 Å². The third kappa shape index (κ3) is 4.23. The molecule has 0 spiro atoms. The van der Waals surface area contributed by atoms with E-state index in [4.69, 9.17) is 0 Å². The van der Waals surface area contributed by atoms with Gasteiger partial charge in [-0.05, 0) is 33.2 Å². The van der Waals surface area contributed by atoms with Gasteiger partial charge in [-0.15, -0.1) is 0 Å². The Balaban J connectivity index is 2.53. The van der Waals surface area contributed by atoms with E-state index in [1.807, 2.05) is 44.1 Å². The number of nitrogens with one attached hydrogen (secondary N) is 1. The average Bonchev–Trinajstić information content (AvgIpc) is 2.26. The first-order valence-corrected chi connectivity index (χ1v) is 5.13. The van der Waals surface area contributed by atoms with Crippen LogP contribution in [0.25, 0.3) is 0 Å². The predicted molar refractivity (Wildman–Crippen MR) is 65.6 cm³/mol. The fourth-order valence-corrected chi connectivity index (χ4v) is 1.29. The normalized spacial score (nSPS) is 11.6. The Hall–Kier alpha value is -1.68. The molecule has 4 nitrogen and oxygen atoms in total. The van der Waals surface area contributed by atoms with E-state index in [1.54, 1.807) is 12.1 Å². The van der Waals surface area contributed by atoms with Crippen molar-refractivity contribution in [2.45, 2.75) is 6.92 Å². The zero-order valence-electron chi connectivity index (χ0n) is 9.90. The van der Waals surface area contributed by atoms with Gasteiger partial charge in [-0.3, -0.25) is 4.79 Å². The van der Waals surface area contributed by atoms with Crippen LogP contribution >= 0.6 is 0 Å². The first kappa shape index (κ1) is 12.4. The number of hydrogen-bond donors (Lipinski definition) is 1. The van der Waals surface area contributed by atoms with Gasteiger partial charge in [0.05, 0.1) is 0 Å². The van der Waals surface area contributed by atoms with Crippen molar-refractivity contribution in [3.63, 3.8) is 0 Å². The summed E-state index contributed by atoms with van der Waals surface area (Å²) in [5, 5.41) is 4.02. The van der Waals surface area contributed by atoms with E-state index in [9.17, 15) is 4.79 Å². The second kappa shape index (κ2) is 6.02. The fraction of sp³-hybridized carbons (Fsp3) is 0.333. The average molecular weight is 219 g/mol. The van der Waals surface area contributed by atoms with Gasteiger partial charge >= 0.3 is 0 Å². The quantitative estimate of drug-likeness (QED) is 0.613. The summed E-state index contributed by atoms with van der Waals surface area (Å²) in [4.78, 5) is 13.6. The minimum absolute atomic E-state index is 0.182. The topological polar surface area (TPSA) is 44.7 Å². The lowest BCUT2D eigenvalue weighted by Crippen LogP contribution is -2.24. The maximum atomic E-state index is 11.6. The van der Waals surface area contributed by atoms with Crippen molar-refractivity contribution in [3.05, 3.63) is 35.9 Å². The molecule has 0 aromatic heterocycles. The maximum Gasteiger partial charge on any atom is 0.271 e. The molecule has 4 heteroatoms. The number of carbonyl (C=O) groups is 1. The maximum absolute atomic E-state index is 11.6. The van der Waals surface area contributed by atoms with Crippen LogP contribution in [0.3, 0.4) is 0 Å². The van der Waals surface area contributed by atoms with Crippen molar-refractivity contribution in [3.8, 4) is 0 Å². The summed E-state index contributed by atoms with van der Waals surface area (Å²) in [6.45, 7) is 2.61. The molecular formula is C12H17N3O. The molecule has 1 aromatic rings. The van der Waals surface area contributed by atoms with Crippen molar-refractivity contribution in [2.75, 3.05) is 20.6 Å². The zero-order chi connectivity index (χ0) is 12.0. The standard InChI is InChI=1S/C12H17N3O/c1-10(9-15(2)3)13-14-12(16)11-7-5-4-6-8-11/h4-8H,9H2,1-3H3,(H,14,16). The summed E-state index contributed by atoms with van der Waals surface area (Å²) < 4.78 is 0. The summed E-state index contributed by atoms with van der Waals surface area (Å²) >= 11 is 0. The molecule has 0 bridgehead atoms. The van der Waals surface area contributed by atoms with Gasteiger partial charge in [0.25, 0.3) is 5.91 Å². The highest BCUT2D eigenvalue weighted by molar-refractivity contribution is 5.95. The van der Waals surface area contributed by atoms with Gasteiger partial charge in [-0.25, -0.2) is 5.43 Å². The van der Waals surface area contributed by atoms with E-state index in [0.29, 0.717) is 5.56 Å². The number of carbonyl (C=O) groups excluding carboxylic acids is 1. The van der Waals surface area contributed by atoms with Gasteiger partial charge in [-0.1, -0.05) is 18.2 Å². The molecule has 0 aliphatic carbocycles. The lowest BCUT2D eigenvalue weighted by molar-refractivity contribution is 0.0954. The van der Waals surface area contributed by atoms with E-state index >= 15 is 0 Å². The first-order chi connectivity index (χ1) is 7.59. The second-order valence-corrected chi connectivity index (χ2v) is 3.89. The predicted octanol–water partition coefficient (Wildman–Crippen LogP) is 1.35. The zero-order valence-corrected chi connectivity index (χ0v) is 9.90. The molecule has 0 unspecified atom stereocenters. The highest BCUT2D eigenvalue weighted by Gasteiger charge is 2.02. The minimum Gasteiger partial charge on any atom is -0.304 e. The molecule has 0 saturated carbocycles. The van der Waals surface area contributed by atoms with Crippen molar-refractivity contribution in [2.24, 2.45) is 5.10 Å². The summed E-state index contributed by atoms with van der Waals surface area (Å²) in [5.41, 5.74) is 4.01. The molecule has 1 rings (SSSR count). The Labute approximate surface area is 96.0 Å². The number of amides is 1. The Bertz CT molecular complexity index is 371. The fourth-order valence-electron chi connectivity index (χ4n) is 1.29. The molecule has 1 aromatic carbocycles. The Morgan fingerprint density at radius 1 is 1.31 bits per heavy atom. The summed E-state index contributed by atoms with van der Waals surface area (Å²) in [7, 11) is 3.91. The van der Waals surface area contributed by atoms with Gasteiger partial charge in [0, 0.05) is 17.8 Å². The monoisotopic (exact) mass is 219 g/mol. The van der Waals surface area contributed by atoms with E-state index in [-0.39, 0.29) is 5.91 Å². The van der Waals surface area contributed by atoms with Crippen LogP contribution in [0.4, 0.5) is 0 Å². The molecule has 0 fully saturated rings. The van der Waals surface area contributed by atoms with E-state index in [2.05, 4.69) is 10.5 Å². The largest absolute Gasteiger partial charge is 0.304 e.